The molecule has 1 aliphatic heterocycles. The topological polar surface area (TPSA) is 67.9 Å². The van der Waals surface area contributed by atoms with Gasteiger partial charge < -0.3 is 19.7 Å². The molecule has 0 saturated carbocycles. The fraction of sp³-hybridized carbons (Fsp3) is 0.300. The Hall–Kier alpha value is -2.67. The number of thioether (sulfide) groups is 1. The SMILES string of the molecule is COc1ccc(OC)c(C2SCCN2C(=O)CNC(=O)c2ccccc2)c1. The van der Waals surface area contributed by atoms with Gasteiger partial charge in [0.05, 0.1) is 20.8 Å². The van der Waals surface area contributed by atoms with Crippen molar-refractivity contribution >= 4 is 23.6 Å². The molecular formula is C20H22N2O4S. The van der Waals surface area contributed by atoms with Crippen LogP contribution in [0.15, 0.2) is 48.5 Å². The maximum absolute atomic E-state index is 12.7. The lowest BCUT2D eigenvalue weighted by molar-refractivity contribution is -0.130. The summed E-state index contributed by atoms with van der Waals surface area (Å²) in [5, 5.41) is 2.53. The quantitative estimate of drug-likeness (QED) is 0.827. The molecule has 2 aromatic carbocycles. The smallest absolute Gasteiger partial charge is 0.251 e. The normalized spacial score (nSPS) is 16.1. The number of nitrogens with zero attached hydrogens (tertiary/aromatic N) is 1. The number of benzene rings is 2. The van der Waals surface area contributed by atoms with Crippen molar-refractivity contribution < 1.29 is 19.1 Å². The Bertz CT molecular complexity index is 813. The van der Waals surface area contributed by atoms with Gasteiger partial charge in [-0.05, 0) is 30.3 Å². The summed E-state index contributed by atoms with van der Waals surface area (Å²) < 4.78 is 10.8. The van der Waals surface area contributed by atoms with Crippen LogP contribution in [-0.4, -0.2) is 49.8 Å². The van der Waals surface area contributed by atoms with Gasteiger partial charge in [-0.1, -0.05) is 18.2 Å². The van der Waals surface area contributed by atoms with Gasteiger partial charge in [0.1, 0.15) is 16.9 Å². The van der Waals surface area contributed by atoms with Crippen molar-refractivity contribution in [3.8, 4) is 11.5 Å². The summed E-state index contributed by atoms with van der Waals surface area (Å²) in [7, 11) is 3.21. The zero-order chi connectivity index (χ0) is 19.2. The Morgan fingerprint density at radius 1 is 1.15 bits per heavy atom. The van der Waals surface area contributed by atoms with E-state index in [-0.39, 0.29) is 23.7 Å². The van der Waals surface area contributed by atoms with Crippen LogP contribution in [-0.2, 0) is 4.79 Å². The van der Waals surface area contributed by atoms with E-state index in [1.54, 1.807) is 55.1 Å². The summed E-state index contributed by atoms with van der Waals surface area (Å²) in [6.45, 7) is 0.576. The Morgan fingerprint density at radius 2 is 1.93 bits per heavy atom. The van der Waals surface area contributed by atoms with E-state index in [4.69, 9.17) is 9.47 Å². The highest BCUT2D eigenvalue weighted by atomic mass is 32.2. The van der Waals surface area contributed by atoms with E-state index in [2.05, 4.69) is 5.32 Å². The molecule has 2 amide bonds. The van der Waals surface area contributed by atoms with Gasteiger partial charge >= 0.3 is 0 Å². The van der Waals surface area contributed by atoms with E-state index in [1.807, 2.05) is 24.3 Å². The molecule has 1 aliphatic rings. The molecule has 3 rings (SSSR count). The second-order valence-corrected chi connectivity index (χ2v) is 7.15. The van der Waals surface area contributed by atoms with Crippen molar-refractivity contribution in [2.45, 2.75) is 5.37 Å². The van der Waals surface area contributed by atoms with Crippen LogP contribution >= 0.6 is 11.8 Å². The molecule has 7 heteroatoms. The maximum Gasteiger partial charge on any atom is 0.251 e. The monoisotopic (exact) mass is 386 g/mol. The molecule has 142 valence electrons. The average Bonchev–Trinajstić information content (AvgIpc) is 3.21. The van der Waals surface area contributed by atoms with Crippen molar-refractivity contribution in [3.63, 3.8) is 0 Å². The minimum absolute atomic E-state index is 0.0446. The van der Waals surface area contributed by atoms with Gasteiger partial charge in [0.15, 0.2) is 0 Å². The summed E-state index contributed by atoms with van der Waals surface area (Å²) in [5.41, 5.74) is 1.43. The summed E-state index contributed by atoms with van der Waals surface area (Å²) >= 11 is 1.67. The number of amides is 2. The lowest BCUT2D eigenvalue weighted by atomic mass is 10.1. The predicted molar refractivity (Wildman–Crippen MR) is 105 cm³/mol. The van der Waals surface area contributed by atoms with Crippen molar-refractivity contribution in [2.75, 3.05) is 33.1 Å². The third-order valence-electron chi connectivity index (χ3n) is 4.35. The van der Waals surface area contributed by atoms with Crippen LogP contribution in [0.5, 0.6) is 11.5 Å². The molecule has 1 fully saturated rings. The fourth-order valence-electron chi connectivity index (χ4n) is 2.96. The van der Waals surface area contributed by atoms with Gasteiger partial charge in [-0.3, -0.25) is 9.59 Å². The molecule has 27 heavy (non-hydrogen) atoms. The first kappa shape index (κ1) is 19.1. The molecule has 0 radical (unpaired) electrons. The first-order valence-electron chi connectivity index (χ1n) is 8.60. The number of hydrogen-bond acceptors (Lipinski definition) is 5. The number of nitrogens with one attached hydrogen (secondary N) is 1. The van der Waals surface area contributed by atoms with Crippen LogP contribution in [0.4, 0.5) is 0 Å². The van der Waals surface area contributed by atoms with E-state index in [0.717, 1.165) is 11.3 Å². The number of rotatable bonds is 6. The van der Waals surface area contributed by atoms with Crippen molar-refractivity contribution in [1.29, 1.82) is 0 Å². The summed E-state index contributed by atoms with van der Waals surface area (Å²) in [6.07, 6.45) is 0. The van der Waals surface area contributed by atoms with Gasteiger partial charge in [0, 0.05) is 23.4 Å². The van der Waals surface area contributed by atoms with Crippen molar-refractivity contribution in [2.24, 2.45) is 0 Å². The van der Waals surface area contributed by atoms with Gasteiger partial charge in [-0.15, -0.1) is 11.8 Å². The zero-order valence-electron chi connectivity index (χ0n) is 15.3. The molecule has 0 aliphatic carbocycles. The zero-order valence-corrected chi connectivity index (χ0v) is 16.1. The van der Waals surface area contributed by atoms with Crippen LogP contribution in [0.3, 0.4) is 0 Å². The third-order valence-corrected chi connectivity index (χ3v) is 5.59. The minimum Gasteiger partial charge on any atom is -0.497 e. The number of methoxy groups -OCH3 is 2. The average molecular weight is 386 g/mol. The van der Waals surface area contributed by atoms with Crippen LogP contribution in [0.1, 0.15) is 21.3 Å². The van der Waals surface area contributed by atoms with Gasteiger partial charge in [0.25, 0.3) is 5.91 Å². The molecule has 0 spiro atoms. The standard InChI is InChI=1S/C20H22N2O4S/c1-25-15-8-9-17(26-2)16(12-15)20-22(10-11-27-20)18(23)13-21-19(24)14-6-4-3-5-7-14/h3-9,12,20H,10-11,13H2,1-2H3,(H,21,24). The van der Waals surface area contributed by atoms with E-state index >= 15 is 0 Å². The van der Waals surface area contributed by atoms with Crippen LogP contribution in [0.2, 0.25) is 0 Å². The summed E-state index contributed by atoms with van der Waals surface area (Å²) in [6, 6.07) is 14.4. The Labute approximate surface area is 162 Å². The number of carbonyl (C=O) groups excluding carboxylic acids is 2. The first-order valence-corrected chi connectivity index (χ1v) is 9.65. The third kappa shape index (κ3) is 4.36. The Balaban J connectivity index is 1.71. The summed E-state index contributed by atoms with van der Waals surface area (Å²) in [4.78, 5) is 26.7. The molecule has 6 nitrogen and oxygen atoms in total. The van der Waals surface area contributed by atoms with E-state index in [9.17, 15) is 9.59 Å². The molecule has 1 unspecified atom stereocenters. The van der Waals surface area contributed by atoms with Crippen molar-refractivity contribution in [3.05, 3.63) is 59.7 Å². The lowest BCUT2D eigenvalue weighted by Gasteiger charge is -2.26. The van der Waals surface area contributed by atoms with E-state index in [1.165, 1.54) is 0 Å². The van der Waals surface area contributed by atoms with Crippen LogP contribution in [0.25, 0.3) is 0 Å². The molecule has 0 aromatic heterocycles. The molecule has 1 N–H and O–H groups in total. The van der Waals surface area contributed by atoms with E-state index < -0.39 is 0 Å². The Kier molecular flexibility index (Phi) is 6.24. The highest BCUT2D eigenvalue weighted by Crippen LogP contribution is 2.43. The number of ether oxygens (including phenoxy) is 2. The number of carbonyl (C=O) groups is 2. The number of hydrogen-bond donors (Lipinski definition) is 1. The second kappa shape index (κ2) is 8.81. The van der Waals surface area contributed by atoms with Gasteiger partial charge in [0.2, 0.25) is 5.91 Å². The van der Waals surface area contributed by atoms with Gasteiger partial charge in [-0.25, -0.2) is 0 Å². The lowest BCUT2D eigenvalue weighted by Crippen LogP contribution is -2.39. The first-order chi connectivity index (χ1) is 13.1. The maximum atomic E-state index is 12.7. The second-order valence-electron chi connectivity index (χ2n) is 5.97. The van der Waals surface area contributed by atoms with Crippen LogP contribution in [0, 0.1) is 0 Å². The predicted octanol–water partition coefficient (Wildman–Crippen LogP) is 2.71. The molecule has 1 atom stereocenters. The van der Waals surface area contributed by atoms with Crippen molar-refractivity contribution in [1.82, 2.24) is 10.2 Å². The Morgan fingerprint density at radius 3 is 2.63 bits per heavy atom. The summed E-state index contributed by atoms with van der Waals surface area (Å²) in [5.74, 6) is 1.86. The molecule has 2 aromatic rings. The highest BCUT2D eigenvalue weighted by molar-refractivity contribution is 7.99. The fourth-order valence-corrected chi connectivity index (χ4v) is 4.26. The molecule has 1 saturated heterocycles. The highest BCUT2D eigenvalue weighted by Gasteiger charge is 2.32. The van der Waals surface area contributed by atoms with E-state index in [0.29, 0.717) is 23.6 Å². The molecule has 0 bridgehead atoms. The van der Waals surface area contributed by atoms with Crippen LogP contribution < -0.4 is 14.8 Å². The van der Waals surface area contributed by atoms with Gasteiger partial charge in [-0.2, -0.15) is 0 Å². The molecule has 1 heterocycles. The minimum atomic E-state index is -0.258. The molecular weight excluding hydrogens is 364 g/mol. The largest absolute Gasteiger partial charge is 0.497 e.